The van der Waals surface area contributed by atoms with Gasteiger partial charge in [-0.05, 0) is 20.8 Å². The minimum Gasteiger partial charge on any atom is -0.389 e. The zero-order chi connectivity index (χ0) is 16.4. The molecule has 120 valence electrons. The summed E-state index contributed by atoms with van der Waals surface area (Å²) >= 11 is 0. The third kappa shape index (κ3) is 4.55. The van der Waals surface area contributed by atoms with E-state index in [-0.39, 0.29) is 0 Å². The van der Waals surface area contributed by atoms with Crippen LogP contribution in [0.1, 0.15) is 27.2 Å². The van der Waals surface area contributed by atoms with E-state index in [0.717, 1.165) is 5.01 Å². The maximum atomic E-state index is 14.2. The highest BCUT2D eigenvalue weighted by atomic mass is 32.2. The van der Waals surface area contributed by atoms with Gasteiger partial charge in [-0.15, -0.1) is 0 Å². The molecule has 9 heteroatoms. The largest absolute Gasteiger partial charge is 0.389 e. The number of nitrogens with zero attached hydrogens (tertiary/aromatic N) is 3. The number of rotatable bonds is 6. The van der Waals surface area contributed by atoms with Crippen molar-refractivity contribution in [2.24, 2.45) is 10.3 Å². The number of alkyl halides is 2. The van der Waals surface area contributed by atoms with Crippen LogP contribution in [-0.2, 0) is 15.6 Å². The molecule has 1 aliphatic rings. The van der Waals surface area contributed by atoms with Crippen LogP contribution < -0.4 is 0 Å². The molecule has 0 aliphatic carbocycles. The van der Waals surface area contributed by atoms with Crippen LogP contribution in [0.4, 0.5) is 8.78 Å². The summed E-state index contributed by atoms with van der Waals surface area (Å²) in [4.78, 5) is 5.07. The molecule has 0 saturated carbocycles. The Bertz CT molecular complexity index is 515. The Labute approximate surface area is 125 Å². The van der Waals surface area contributed by atoms with E-state index in [0.29, 0.717) is 12.1 Å². The van der Waals surface area contributed by atoms with E-state index in [9.17, 15) is 13.0 Å². The summed E-state index contributed by atoms with van der Waals surface area (Å²) in [6.45, 7) is 4.73. The molecule has 6 nitrogen and oxygen atoms in total. The van der Waals surface area contributed by atoms with E-state index >= 15 is 0 Å². The van der Waals surface area contributed by atoms with E-state index in [4.69, 9.17) is 10.2 Å². The van der Waals surface area contributed by atoms with Crippen molar-refractivity contribution in [3.05, 3.63) is 0 Å². The van der Waals surface area contributed by atoms with E-state index in [2.05, 4.69) is 10.3 Å². The van der Waals surface area contributed by atoms with Gasteiger partial charge in [0.25, 0.3) is 0 Å². The van der Waals surface area contributed by atoms with Gasteiger partial charge in [-0.3, -0.25) is 4.21 Å². The van der Waals surface area contributed by atoms with Crippen LogP contribution in [0, 0.1) is 5.41 Å². The van der Waals surface area contributed by atoms with E-state index in [1.807, 2.05) is 0 Å². The highest BCUT2D eigenvalue weighted by Crippen LogP contribution is 2.27. The Morgan fingerprint density at radius 2 is 2.14 bits per heavy atom. The first-order chi connectivity index (χ1) is 9.45. The van der Waals surface area contributed by atoms with E-state index in [1.165, 1.54) is 21.0 Å². The van der Waals surface area contributed by atoms with Crippen LogP contribution in [0.25, 0.3) is 0 Å². The molecule has 0 radical (unpaired) electrons. The first-order valence-electron chi connectivity index (χ1n) is 6.28. The number of hydrogen-bond donors (Lipinski definition) is 1. The molecule has 1 rings (SSSR count). The molecule has 0 aromatic heterocycles. The number of halogens is 2. The van der Waals surface area contributed by atoms with E-state index in [1.54, 1.807) is 13.8 Å². The second-order valence-electron chi connectivity index (χ2n) is 5.61. The molecule has 0 spiro atoms. The Kier molecular flexibility index (Phi) is 5.19. The topological polar surface area (TPSA) is 78.1 Å². The summed E-state index contributed by atoms with van der Waals surface area (Å²) < 4.78 is 40.5. The van der Waals surface area contributed by atoms with Gasteiger partial charge in [0.15, 0.2) is 5.71 Å². The first kappa shape index (κ1) is 17.7. The maximum absolute atomic E-state index is 14.2. The van der Waals surface area contributed by atoms with Gasteiger partial charge >= 0.3 is 5.25 Å². The first-order valence-corrected chi connectivity index (χ1v) is 7.60. The van der Waals surface area contributed by atoms with Crippen molar-refractivity contribution in [2.75, 3.05) is 19.8 Å². The zero-order valence-corrected chi connectivity index (χ0v) is 13.6. The molecular formula is C12H20F2N4O2S. The summed E-state index contributed by atoms with van der Waals surface area (Å²) in [5, 5.41) is 12.1. The second kappa shape index (κ2) is 6.17. The van der Waals surface area contributed by atoms with Crippen LogP contribution >= 0.6 is 0 Å². The van der Waals surface area contributed by atoms with Crippen LogP contribution in [0.3, 0.4) is 0 Å². The normalized spacial score (nSPS) is 19.8. The highest BCUT2D eigenvalue weighted by molar-refractivity contribution is 7.87. The van der Waals surface area contributed by atoms with Gasteiger partial charge in [0.05, 0.1) is 17.2 Å². The van der Waals surface area contributed by atoms with Gasteiger partial charge in [-0.25, -0.2) is 0 Å². The third-order valence-corrected chi connectivity index (χ3v) is 3.93. The lowest BCUT2D eigenvalue weighted by atomic mass is 10.0. The molecular weight excluding hydrogens is 302 g/mol. The van der Waals surface area contributed by atoms with Gasteiger partial charge < -0.3 is 15.3 Å². The minimum atomic E-state index is -3.72. The second-order valence-corrected chi connectivity index (χ2v) is 7.11. The molecule has 0 amide bonds. The fourth-order valence-corrected chi connectivity index (χ4v) is 2.77. The van der Waals surface area contributed by atoms with Gasteiger partial charge in [0, 0.05) is 20.5 Å². The molecule has 21 heavy (non-hydrogen) atoms. The predicted molar refractivity (Wildman–Crippen MR) is 79.7 cm³/mol. The molecule has 0 fully saturated rings. The Hall–Kier alpha value is -1.38. The molecule has 1 N–H and O–H groups in total. The molecule has 0 saturated heterocycles. The summed E-state index contributed by atoms with van der Waals surface area (Å²) in [5.41, 5.74) is -1.46. The molecule has 0 aromatic rings. The number of nitrogens with one attached hydrogen (secondary N) is 1. The lowest BCUT2D eigenvalue weighted by molar-refractivity contribution is 0.0123. The molecule has 1 aliphatic heterocycles. The van der Waals surface area contributed by atoms with Crippen LogP contribution in [0.2, 0.25) is 0 Å². The molecule has 1 atom stereocenters. The Morgan fingerprint density at radius 3 is 2.52 bits per heavy atom. The molecule has 0 aromatic carbocycles. The van der Waals surface area contributed by atoms with Crippen molar-refractivity contribution >= 4 is 27.9 Å². The smallest absolute Gasteiger partial charge is 0.366 e. The van der Waals surface area contributed by atoms with E-state index < -0.39 is 38.8 Å². The SMILES string of the molecule is CC(=N)/C(=N\N(C)C)C(F)(F)S(=O)CC1=NOC(C)(C)C1. The number of hydrogen-bond acceptors (Lipinski definition) is 6. The van der Waals surface area contributed by atoms with Crippen LogP contribution in [0.15, 0.2) is 10.3 Å². The summed E-state index contributed by atoms with van der Waals surface area (Å²) in [7, 11) is 0.352. The third-order valence-electron chi connectivity index (χ3n) is 2.57. The van der Waals surface area contributed by atoms with Crippen LogP contribution in [-0.4, -0.2) is 57.1 Å². The zero-order valence-electron chi connectivity index (χ0n) is 12.7. The number of oxime groups is 1. The van der Waals surface area contributed by atoms with Crippen LogP contribution in [0.5, 0.6) is 0 Å². The Balaban J connectivity index is 2.91. The molecule has 0 bridgehead atoms. The molecule has 1 heterocycles. The lowest BCUT2D eigenvalue weighted by Crippen LogP contribution is -2.41. The van der Waals surface area contributed by atoms with Crippen molar-refractivity contribution in [1.82, 2.24) is 5.01 Å². The van der Waals surface area contributed by atoms with Crippen molar-refractivity contribution < 1.29 is 17.8 Å². The highest BCUT2D eigenvalue weighted by Gasteiger charge is 2.46. The fraction of sp³-hybridized carbons (Fsp3) is 0.750. The number of hydrazone groups is 1. The van der Waals surface area contributed by atoms with Crippen molar-refractivity contribution in [2.45, 2.75) is 38.0 Å². The maximum Gasteiger partial charge on any atom is 0.366 e. The Morgan fingerprint density at radius 1 is 1.57 bits per heavy atom. The van der Waals surface area contributed by atoms with Gasteiger partial charge in [-0.1, -0.05) is 5.16 Å². The summed E-state index contributed by atoms with van der Waals surface area (Å²) in [6, 6.07) is 0. The fourth-order valence-electron chi connectivity index (χ4n) is 1.72. The van der Waals surface area contributed by atoms with Crippen molar-refractivity contribution in [3.8, 4) is 0 Å². The monoisotopic (exact) mass is 322 g/mol. The van der Waals surface area contributed by atoms with Gasteiger partial charge in [0.2, 0.25) is 0 Å². The predicted octanol–water partition coefficient (Wildman–Crippen LogP) is 1.84. The average Bonchev–Trinajstić information content (AvgIpc) is 2.64. The van der Waals surface area contributed by atoms with Crippen molar-refractivity contribution in [1.29, 1.82) is 5.41 Å². The average molecular weight is 322 g/mol. The summed E-state index contributed by atoms with van der Waals surface area (Å²) in [6.07, 6.45) is 0.346. The molecule has 1 unspecified atom stereocenters. The minimum absolute atomic E-state index is 0.324. The summed E-state index contributed by atoms with van der Waals surface area (Å²) in [5.74, 6) is -0.407. The standard InChI is InChI=1S/C12H20F2N4O2S/c1-8(15)10(16-18(4)5)12(13,14)21(19)7-9-6-11(2,3)20-17-9/h15H,6-7H2,1-5H3/b15-8?,16-10+. The van der Waals surface area contributed by atoms with Gasteiger partial charge in [-0.2, -0.15) is 13.9 Å². The lowest BCUT2D eigenvalue weighted by Gasteiger charge is -2.19. The van der Waals surface area contributed by atoms with Crippen molar-refractivity contribution in [3.63, 3.8) is 0 Å². The quantitative estimate of drug-likeness (QED) is 0.599. The van der Waals surface area contributed by atoms with Gasteiger partial charge in [0.1, 0.15) is 16.4 Å².